The maximum absolute atomic E-state index is 13.5. The van der Waals surface area contributed by atoms with Crippen LogP contribution in [0.3, 0.4) is 0 Å². The molecule has 0 aliphatic rings. The first-order chi connectivity index (χ1) is 8.30. The van der Waals surface area contributed by atoms with Gasteiger partial charge in [0.05, 0.1) is 12.1 Å². The molecule has 0 amide bonds. The lowest BCUT2D eigenvalue weighted by molar-refractivity contribution is 0.0696. The number of terminal acetylenes is 1. The Morgan fingerprint density at radius 2 is 2.17 bits per heavy atom. The van der Waals surface area contributed by atoms with E-state index in [-0.39, 0.29) is 12.1 Å². The predicted octanol–water partition coefficient (Wildman–Crippen LogP) is 0.778. The van der Waals surface area contributed by atoms with Gasteiger partial charge in [-0.15, -0.1) is 6.42 Å². The summed E-state index contributed by atoms with van der Waals surface area (Å²) < 4.78 is 38.1. The molecule has 96 valence electrons. The smallest absolute Gasteiger partial charge is 0.335 e. The summed E-state index contributed by atoms with van der Waals surface area (Å²) in [6, 6.07) is 2.54. The Morgan fingerprint density at radius 1 is 1.56 bits per heavy atom. The summed E-state index contributed by atoms with van der Waals surface area (Å²) in [5, 5.41) is 8.74. The van der Waals surface area contributed by atoms with E-state index < -0.39 is 26.7 Å². The van der Waals surface area contributed by atoms with Crippen LogP contribution in [0.15, 0.2) is 23.1 Å². The fourth-order valence-corrected chi connectivity index (χ4v) is 2.39. The van der Waals surface area contributed by atoms with Crippen molar-refractivity contribution in [3.8, 4) is 12.3 Å². The summed E-state index contributed by atoms with van der Waals surface area (Å²) in [6.07, 6.45) is 4.98. The number of carbonyl (C=O) groups is 1. The zero-order chi connectivity index (χ0) is 13.9. The van der Waals surface area contributed by atoms with E-state index in [1.54, 1.807) is 0 Å². The molecule has 0 aliphatic heterocycles. The van der Waals surface area contributed by atoms with Crippen molar-refractivity contribution in [1.29, 1.82) is 0 Å². The van der Waals surface area contributed by atoms with Crippen LogP contribution in [0.25, 0.3) is 0 Å². The highest BCUT2D eigenvalue weighted by atomic mass is 32.2. The van der Waals surface area contributed by atoms with Crippen LogP contribution in [0.1, 0.15) is 10.4 Å². The maximum Gasteiger partial charge on any atom is 0.335 e. The quantitative estimate of drug-likeness (QED) is 0.821. The zero-order valence-corrected chi connectivity index (χ0v) is 10.2. The number of hydrogen-bond donors (Lipinski definition) is 1. The van der Waals surface area contributed by atoms with Gasteiger partial charge in [-0.2, -0.15) is 4.31 Å². The predicted molar refractivity (Wildman–Crippen MR) is 62.0 cm³/mol. The van der Waals surface area contributed by atoms with Gasteiger partial charge >= 0.3 is 5.97 Å². The van der Waals surface area contributed by atoms with Crippen molar-refractivity contribution in [2.75, 3.05) is 13.6 Å². The number of carboxylic acid groups (broad SMARTS) is 1. The third-order valence-corrected chi connectivity index (χ3v) is 4.00. The van der Waals surface area contributed by atoms with Gasteiger partial charge < -0.3 is 5.11 Å². The van der Waals surface area contributed by atoms with Crippen LogP contribution in [0.4, 0.5) is 4.39 Å². The van der Waals surface area contributed by atoms with Crippen LogP contribution in [0, 0.1) is 18.2 Å². The molecule has 0 spiro atoms. The summed E-state index contributed by atoms with van der Waals surface area (Å²) >= 11 is 0. The van der Waals surface area contributed by atoms with E-state index in [4.69, 9.17) is 11.5 Å². The normalized spacial score (nSPS) is 11.2. The van der Waals surface area contributed by atoms with E-state index >= 15 is 0 Å². The lowest BCUT2D eigenvalue weighted by Gasteiger charge is -2.15. The molecule has 7 heteroatoms. The van der Waals surface area contributed by atoms with Crippen LogP contribution in [0.2, 0.25) is 0 Å². The van der Waals surface area contributed by atoms with Crippen molar-refractivity contribution in [3.63, 3.8) is 0 Å². The summed E-state index contributed by atoms with van der Waals surface area (Å²) in [6.45, 7) is -0.237. The topological polar surface area (TPSA) is 74.7 Å². The molecule has 5 nitrogen and oxygen atoms in total. The Morgan fingerprint density at radius 3 is 2.67 bits per heavy atom. The van der Waals surface area contributed by atoms with Gasteiger partial charge in [0.2, 0.25) is 10.0 Å². The summed E-state index contributed by atoms with van der Waals surface area (Å²) in [7, 11) is -2.95. The van der Waals surface area contributed by atoms with Gasteiger partial charge in [-0.25, -0.2) is 17.6 Å². The summed E-state index contributed by atoms with van der Waals surface area (Å²) in [4.78, 5) is 10.0. The molecule has 0 saturated carbocycles. The molecule has 0 atom stereocenters. The minimum absolute atomic E-state index is 0.237. The van der Waals surface area contributed by atoms with E-state index in [1.165, 1.54) is 7.05 Å². The van der Waals surface area contributed by atoms with E-state index in [9.17, 15) is 17.6 Å². The van der Waals surface area contributed by atoms with Crippen molar-refractivity contribution < 1.29 is 22.7 Å². The van der Waals surface area contributed by atoms with Crippen molar-refractivity contribution in [2.45, 2.75) is 4.90 Å². The van der Waals surface area contributed by atoms with E-state index in [0.717, 1.165) is 22.5 Å². The average Bonchev–Trinajstić information content (AvgIpc) is 2.29. The fraction of sp³-hybridized carbons (Fsp3) is 0.182. The third kappa shape index (κ3) is 2.67. The average molecular weight is 271 g/mol. The number of hydrogen-bond acceptors (Lipinski definition) is 3. The second kappa shape index (κ2) is 5.16. The van der Waals surface area contributed by atoms with Crippen LogP contribution in [-0.2, 0) is 10.0 Å². The molecule has 0 saturated heterocycles. The van der Waals surface area contributed by atoms with Crippen molar-refractivity contribution in [3.05, 3.63) is 29.6 Å². The fourth-order valence-electron chi connectivity index (χ4n) is 1.22. The summed E-state index contributed by atoms with van der Waals surface area (Å²) in [5.41, 5.74) is -0.316. The lowest BCUT2D eigenvalue weighted by Crippen LogP contribution is -2.28. The first-order valence-corrected chi connectivity index (χ1v) is 6.17. The Bertz CT molecular complexity index is 618. The van der Waals surface area contributed by atoms with Crippen LogP contribution >= 0.6 is 0 Å². The lowest BCUT2D eigenvalue weighted by atomic mass is 10.2. The van der Waals surface area contributed by atoms with Crippen LogP contribution in [0.5, 0.6) is 0 Å². The van der Waals surface area contributed by atoms with Crippen molar-refractivity contribution in [2.24, 2.45) is 0 Å². The Labute approximate surface area is 104 Å². The summed E-state index contributed by atoms with van der Waals surface area (Å²) in [5.74, 6) is -0.258. The Kier molecular flexibility index (Phi) is 4.06. The molecule has 0 aliphatic carbocycles. The monoisotopic (exact) mass is 271 g/mol. The van der Waals surface area contributed by atoms with E-state index in [2.05, 4.69) is 5.92 Å². The van der Waals surface area contributed by atoms with Gasteiger partial charge in [0.25, 0.3) is 0 Å². The molecule has 0 aromatic heterocycles. The molecular formula is C11H10FNO4S. The standard InChI is InChI=1S/C11H10FNO4S/c1-3-6-13(2)18(16,17)10-7-8(11(14)15)4-5-9(10)12/h1,4-5,7H,6H2,2H3,(H,14,15). The van der Waals surface area contributed by atoms with Crippen molar-refractivity contribution >= 4 is 16.0 Å². The molecule has 1 aromatic rings. The molecular weight excluding hydrogens is 261 g/mol. The third-order valence-electron chi connectivity index (χ3n) is 2.18. The van der Waals surface area contributed by atoms with Crippen LogP contribution < -0.4 is 0 Å². The number of halogens is 1. The van der Waals surface area contributed by atoms with E-state index in [0.29, 0.717) is 0 Å². The van der Waals surface area contributed by atoms with Gasteiger partial charge in [-0.3, -0.25) is 0 Å². The SMILES string of the molecule is C#CCN(C)S(=O)(=O)c1cc(C(=O)O)ccc1F. The van der Waals surface area contributed by atoms with Gasteiger partial charge in [0, 0.05) is 7.05 Å². The number of carboxylic acids is 1. The highest BCUT2D eigenvalue weighted by Crippen LogP contribution is 2.19. The molecule has 0 unspecified atom stereocenters. The molecule has 1 N–H and O–H groups in total. The molecule has 0 heterocycles. The molecule has 1 aromatic carbocycles. The van der Waals surface area contributed by atoms with Gasteiger partial charge in [0.15, 0.2) is 0 Å². The van der Waals surface area contributed by atoms with Gasteiger partial charge in [-0.05, 0) is 18.2 Å². The van der Waals surface area contributed by atoms with E-state index in [1.807, 2.05) is 0 Å². The highest BCUT2D eigenvalue weighted by Gasteiger charge is 2.25. The van der Waals surface area contributed by atoms with Gasteiger partial charge in [-0.1, -0.05) is 5.92 Å². The molecule has 1 rings (SSSR count). The number of rotatable bonds is 4. The maximum atomic E-state index is 13.5. The minimum Gasteiger partial charge on any atom is -0.478 e. The molecule has 0 bridgehead atoms. The van der Waals surface area contributed by atoms with Crippen molar-refractivity contribution in [1.82, 2.24) is 4.31 Å². The number of aromatic carboxylic acids is 1. The first kappa shape index (κ1) is 14.2. The van der Waals surface area contributed by atoms with Gasteiger partial charge in [0.1, 0.15) is 10.7 Å². The molecule has 0 fully saturated rings. The second-order valence-electron chi connectivity index (χ2n) is 3.42. The van der Waals surface area contributed by atoms with Crippen LogP contribution in [-0.4, -0.2) is 37.4 Å². The minimum atomic E-state index is -4.14. The number of benzene rings is 1. The second-order valence-corrected chi connectivity index (χ2v) is 5.43. The zero-order valence-electron chi connectivity index (χ0n) is 9.42. The number of nitrogens with zero attached hydrogens (tertiary/aromatic N) is 1. The number of sulfonamides is 1. The highest BCUT2D eigenvalue weighted by molar-refractivity contribution is 7.89. The first-order valence-electron chi connectivity index (χ1n) is 4.73. The molecule has 18 heavy (non-hydrogen) atoms. The largest absolute Gasteiger partial charge is 0.478 e. The Hall–Kier alpha value is -1.91. The molecule has 0 radical (unpaired) electrons. The Balaban J connectivity index is 3.37.